The van der Waals surface area contributed by atoms with Gasteiger partial charge in [-0.2, -0.15) is 0 Å². The van der Waals surface area contributed by atoms with Gasteiger partial charge >= 0.3 is 0 Å². The Morgan fingerprint density at radius 1 is 1.15 bits per heavy atom. The van der Waals surface area contributed by atoms with Crippen LogP contribution in [-0.2, 0) is 11.4 Å². The van der Waals surface area contributed by atoms with E-state index < -0.39 is 0 Å². The molecule has 1 aromatic heterocycles. The second-order valence-electron chi connectivity index (χ2n) is 5.37. The van der Waals surface area contributed by atoms with Crippen molar-refractivity contribution in [1.29, 1.82) is 0 Å². The predicted octanol–water partition coefficient (Wildman–Crippen LogP) is 5.42. The lowest BCUT2D eigenvalue weighted by Crippen LogP contribution is -1.98. The van der Waals surface area contributed by atoms with E-state index in [-0.39, 0.29) is 24.6 Å². The van der Waals surface area contributed by atoms with Crippen LogP contribution in [0.1, 0.15) is 22.5 Å². The lowest BCUT2D eigenvalue weighted by Gasteiger charge is -2.02. The fraction of sp³-hybridized carbons (Fsp3) is 0.105. The van der Waals surface area contributed by atoms with Crippen molar-refractivity contribution in [2.45, 2.75) is 13.0 Å². The molecular formula is C19H14Cl2N2O3. The highest BCUT2D eigenvalue weighted by Crippen LogP contribution is 2.22. The normalized spacial score (nSPS) is 11.0. The van der Waals surface area contributed by atoms with E-state index in [1.807, 2.05) is 30.3 Å². The predicted molar refractivity (Wildman–Crippen MR) is 101 cm³/mol. The minimum absolute atomic E-state index is 0.0395. The summed E-state index contributed by atoms with van der Waals surface area (Å²) in [5, 5.41) is 8.72. The van der Waals surface area contributed by atoms with Crippen LogP contribution in [0.3, 0.4) is 0 Å². The van der Waals surface area contributed by atoms with Crippen LogP contribution in [0.4, 0.5) is 0 Å². The van der Waals surface area contributed by atoms with Crippen molar-refractivity contribution in [3.63, 3.8) is 0 Å². The van der Waals surface area contributed by atoms with Gasteiger partial charge in [0.05, 0.1) is 12.6 Å². The molecule has 2 aromatic carbocycles. The van der Waals surface area contributed by atoms with E-state index in [2.05, 4.69) is 10.3 Å². The molecule has 132 valence electrons. The van der Waals surface area contributed by atoms with Crippen LogP contribution in [0.25, 0.3) is 11.3 Å². The van der Waals surface area contributed by atoms with Gasteiger partial charge in [0.15, 0.2) is 0 Å². The van der Waals surface area contributed by atoms with Crippen molar-refractivity contribution in [3.05, 3.63) is 76.0 Å². The van der Waals surface area contributed by atoms with E-state index in [1.165, 1.54) is 6.21 Å². The molecule has 0 saturated heterocycles. The van der Waals surface area contributed by atoms with Crippen LogP contribution in [0.2, 0.25) is 10.0 Å². The molecule has 5 nitrogen and oxygen atoms in total. The highest BCUT2D eigenvalue weighted by Gasteiger charge is 2.13. The Bertz CT molecular complexity index is 924. The molecule has 0 aliphatic heterocycles. The van der Waals surface area contributed by atoms with Crippen molar-refractivity contribution in [1.82, 2.24) is 5.16 Å². The molecule has 0 spiro atoms. The minimum atomic E-state index is -0.239. The second-order valence-corrected chi connectivity index (χ2v) is 6.21. The topological polar surface area (TPSA) is 64.7 Å². The Balaban J connectivity index is 1.51. The van der Waals surface area contributed by atoms with Gasteiger partial charge in [-0.15, -0.1) is 0 Å². The number of oxime groups is 1. The fourth-order valence-corrected chi connectivity index (χ4v) is 2.63. The van der Waals surface area contributed by atoms with E-state index in [0.717, 1.165) is 11.1 Å². The minimum Gasteiger partial charge on any atom is -0.391 e. The SMILES string of the molecule is O=C(C/C=N/OCc1ccc(Cl)cc1Cl)c1cc(-c2ccccc2)no1. The zero-order valence-electron chi connectivity index (χ0n) is 13.6. The Labute approximate surface area is 160 Å². The van der Waals surface area contributed by atoms with Crippen LogP contribution in [0.5, 0.6) is 0 Å². The molecule has 0 amide bonds. The number of carbonyl (C=O) groups is 1. The van der Waals surface area contributed by atoms with Gasteiger partial charge in [0.2, 0.25) is 11.5 Å². The lowest BCUT2D eigenvalue weighted by molar-refractivity contribution is 0.0961. The summed E-state index contributed by atoms with van der Waals surface area (Å²) in [6.07, 6.45) is 1.41. The van der Waals surface area contributed by atoms with Crippen LogP contribution >= 0.6 is 23.2 Å². The zero-order valence-corrected chi connectivity index (χ0v) is 15.1. The number of benzene rings is 2. The molecule has 1 heterocycles. The number of nitrogens with zero attached hydrogens (tertiary/aromatic N) is 2. The van der Waals surface area contributed by atoms with E-state index >= 15 is 0 Å². The maximum absolute atomic E-state index is 12.1. The maximum atomic E-state index is 12.1. The average molecular weight is 389 g/mol. The Hall–Kier alpha value is -2.63. The first-order chi connectivity index (χ1) is 12.6. The van der Waals surface area contributed by atoms with Gasteiger partial charge in [-0.25, -0.2) is 0 Å². The van der Waals surface area contributed by atoms with Gasteiger partial charge in [-0.05, 0) is 12.1 Å². The number of rotatable bonds is 7. The lowest BCUT2D eigenvalue weighted by atomic mass is 10.1. The van der Waals surface area contributed by atoms with Crippen LogP contribution < -0.4 is 0 Å². The number of aromatic nitrogens is 1. The largest absolute Gasteiger partial charge is 0.391 e. The zero-order chi connectivity index (χ0) is 18.4. The molecule has 0 atom stereocenters. The summed E-state index contributed by atoms with van der Waals surface area (Å²) < 4.78 is 5.10. The molecule has 0 bridgehead atoms. The molecule has 0 unspecified atom stereocenters. The fourth-order valence-electron chi connectivity index (χ4n) is 2.17. The molecule has 0 aliphatic rings. The molecule has 0 radical (unpaired) electrons. The number of hydrogen-bond acceptors (Lipinski definition) is 5. The molecule has 0 fully saturated rings. The molecule has 0 aliphatic carbocycles. The summed E-state index contributed by atoms with van der Waals surface area (Å²) in [6.45, 7) is 0.182. The number of halogens is 2. The Kier molecular flexibility index (Phi) is 6.04. The van der Waals surface area contributed by atoms with E-state index in [9.17, 15) is 4.79 Å². The molecule has 26 heavy (non-hydrogen) atoms. The van der Waals surface area contributed by atoms with Gasteiger partial charge in [0, 0.05) is 27.2 Å². The summed E-state index contributed by atoms with van der Waals surface area (Å²) in [4.78, 5) is 17.2. The maximum Gasteiger partial charge on any atom is 0.206 e. The highest BCUT2D eigenvalue weighted by atomic mass is 35.5. The summed E-state index contributed by atoms with van der Waals surface area (Å²) in [5.74, 6) is -0.0624. The first kappa shape index (κ1) is 18.2. The number of hydrogen-bond donors (Lipinski definition) is 0. The summed E-state index contributed by atoms with van der Waals surface area (Å²) in [6, 6.07) is 16.2. The first-order valence-corrected chi connectivity index (χ1v) is 8.52. The molecule has 7 heteroatoms. The van der Waals surface area contributed by atoms with E-state index in [0.29, 0.717) is 15.7 Å². The Morgan fingerprint density at radius 2 is 1.96 bits per heavy atom. The van der Waals surface area contributed by atoms with Crippen LogP contribution in [-0.4, -0.2) is 17.2 Å². The third-order valence-electron chi connectivity index (χ3n) is 3.52. The monoisotopic (exact) mass is 388 g/mol. The first-order valence-electron chi connectivity index (χ1n) is 7.76. The van der Waals surface area contributed by atoms with Gasteiger partial charge in [0.25, 0.3) is 0 Å². The van der Waals surface area contributed by atoms with Crippen molar-refractivity contribution < 1.29 is 14.2 Å². The number of carbonyl (C=O) groups excluding carboxylic acids is 1. The molecule has 3 rings (SSSR count). The van der Waals surface area contributed by atoms with Crippen molar-refractivity contribution in [2.75, 3.05) is 0 Å². The van der Waals surface area contributed by atoms with Gasteiger partial charge < -0.3 is 9.36 Å². The molecule has 3 aromatic rings. The molecule has 0 saturated carbocycles. The highest BCUT2D eigenvalue weighted by molar-refractivity contribution is 6.35. The number of Topliss-reactive ketones (excluding diaryl/α,β-unsaturated/α-hetero) is 1. The second kappa shape index (κ2) is 8.65. The smallest absolute Gasteiger partial charge is 0.206 e. The van der Waals surface area contributed by atoms with E-state index in [1.54, 1.807) is 24.3 Å². The molecular weight excluding hydrogens is 375 g/mol. The van der Waals surface area contributed by atoms with Crippen molar-refractivity contribution in [3.8, 4) is 11.3 Å². The molecule has 0 N–H and O–H groups in total. The Morgan fingerprint density at radius 3 is 2.73 bits per heavy atom. The van der Waals surface area contributed by atoms with Gasteiger partial charge in [-0.3, -0.25) is 4.79 Å². The summed E-state index contributed by atoms with van der Waals surface area (Å²) >= 11 is 11.9. The van der Waals surface area contributed by atoms with Gasteiger partial charge in [-0.1, -0.05) is 69.9 Å². The third kappa shape index (κ3) is 4.71. The standard InChI is InChI=1S/C19H14Cl2N2O3/c20-15-7-6-14(16(21)10-15)12-25-22-9-8-18(24)19-11-17(23-26-19)13-4-2-1-3-5-13/h1-7,9-11H,8,12H2/b22-9+. The van der Waals surface area contributed by atoms with Crippen LogP contribution in [0, 0.1) is 0 Å². The van der Waals surface area contributed by atoms with Crippen molar-refractivity contribution in [2.24, 2.45) is 5.16 Å². The van der Waals surface area contributed by atoms with E-state index in [4.69, 9.17) is 32.6 Å². The number of ketones is 1. The summed E-state index contributed by atoms with van der Waals surface area (Å²) in [5.41, 5.74) is 2.24. The van der Waals surface area contributed by atoms with Crippen molar-refractivity contribution >= 4 is 35.2 Å². The van der Waals surface area contributed by atoms with Crippen LogP contribution in [0.15, 0.2) is 64.3 Å². The quantitative estimate of drug-likeness (QED) is 0.307. The average Bonchev–Trinajstić information content (AvgIpc) is 3.14. The third-order valence-corrected chi connectivity index (χ3v) is 4.10. The van der Waals surface area contributed by atoms with Gasteiger partial charge in [0.1, 0.15) is 12.3 Å². The summed E-state index contributed by atoms with van der Waals surface area (Å²) in [7, 11) is 0.